The molecule has 0 aliphatic heterocycles. The highest BCUT2D eigenvalue weighted by Gasteiger charge is 2.51. The van der Waals surface area contributed by atoms with Gasteiger partial charge in [0.1, 0.15) is 0 Å². The molecule has 0 saturated heterocycles. The molecular formula is C14H19NO. The highest BCUT2D eigenvalue weighted by molar-refractivity contribution is 5.14. The summed E-state index contributed by atoms with van der Waals surface area (Å²) in [7, 11) is 0. The second-order valence-corrected chi connectivity index (χ2v) is 5.32. The number of hydrogen-bond acceptors (Lipinski definition) is 2. The van der Waals surface area contributed by atoms with Crippen molar-refractivity contribution in [1.29, 1.82) is 0 Å². The average molecular weight is 217 g/mol. The largest absolute Gasteiger partial charge is 0.374 e. The summed E-state index contributed by atoms with van der Waals surface area (Å²) >= 11 is 0. The minimum atomic E-state index is 0.201. The molecule has 1 aromatic carbocycles. The van der Waals surface area contributed by atoms with Crippen LogP contribution >= 0.6 is 0 Å². The number of nitrogens with two attached hydrogens (primary N) is 1. The Balaban J connectivity index is 1.42. The van der Waals surface area contributed by atoms with Crippen LogP contribution in [0.2, 0.25) is 0 Å². The SMILES string of the molecule is NC1(C2CC(OCc3ccccc3)C2)CC1. The van der Waals surface area contributed by atoms with Gasteiger partial charge in [-0.25, -0.2) is 0 Å². The quantitative estimate of drug-likeness (QED) is 0.841. The van der Waals surface area contributed by atoms with Crippen LogP contribution < -0.4 is 5.73 Å². The lowest BCUT2D eigenvalue weighted by Gasteiger charge is -2.39. The van der Waals surface area contributed by atoms with Crippen LogP contribution in [-0.2, 0) is 11.3 Å². The van der Waals surface area contributed by atoms with E-state index in [-0.39, 0.29) is 5.54 Å². The van der Waals surface area contributed by atoms with Gasteiger partial charge in [0.25, 0.3) is 0 Å². The van der Waals surface area contributed by atoms with E-state index in [1.807, 2.05) is 6.07 Å². The molecule has 0 heterocycles. The Hall–Kier alpha value is -0.860. The molecule has 0 atom stereocenters. The van der Waals surface area contributed by atoms with Gasteiger partial charge in [0.05, 0.1) is 12.7 Å². The van der Waals surface area contributed by atoms with Crippen molar-refractivity contribution in [1.82, 2.24) is 0 Å². The second-order valence-electron chi connectivity index (χ2n) is 5.32. The summed E-state index contributed by atoms with van der Waals surface area (Å²) in [6.45, 7) is 0.746. The molecule has 1 aromatic rings. The van der Waals surface area contributed by atoms with Gasteiger partial charge in [-0.05, 0) is 37.2 Å². The van der Waals surface area contributed by atoms with Crippen molar-refractivity contribution in [3.05, 3.63) is 35.9 Å². The Morgan fingerprint density at radius 3 is 2.50 bits per heavy atom. The molecule has 86 valence electrons. The van der Waals surface area contributed by atoms with Crippen LogP contribution in [-0.4, -0.2) is 11.6 Å². The van der Waals surface area contributed by atoms with Crippen LogP contribution in [0.1, 0.15) is 31.2 Å². The second kappa shape index (κ2) is 3.86. The van der Waals surface area contributed by atoms with E-state index in [1.165, 1.54) is 31.2 Å². The molecule has 2 aliphatic carbocycles. The molecular weight excluding hydrogens is 198 g/mol. The third-order valence-corrected chi connectivity index (χ3v) is 4.06. The minimum absolute atomic E-state index is 0.201. The molecule has 0 bridgehead atoms. The highest BCUT2D eigenvalue weighted by atomic mass is 16.5. The van der Waals surface area contributed by atoms with Crippen molar-refractivity contribution in [2.75, 3.05) is 0 Å². The summed E-state index contributed by atoms with van der Waals surface area (Å²) in [5.41, 5.74) is 7.63. The van der Waals surface area contributed by atoms with Gasteiger partial charge in [0.15, 0.2) is 0 Å². The highest BCUT2D eigenvalue weighted by Crippen LogP contribution is 2.49. The predicted octanol–water partition coefficient (Wildman–Crippen LogP) is 2.47. The van der Waals surface area contributed by atoms with E-state index in [9.17, 15) is 0 Å². The lowest BCUT2D eigenvalue weighted by atomic mass is 9.76. The molecule has 2 aliphatic rings. The van der Waals surface area contributed by atoms with Crippen molar-refractivity contribution in [3.63, 3.8) is 0 Å². The molecule has 0 radical (unpaired) electrons. The lowest BCUT2D eigenvalue weighted by Crippen LogP contribution is -2.44. The number of rotatable bonds is 4. The molecule has 0 aromatic heterocycles. The first-order valence-corrected chi connectivity index (χ1v) is 6.21. The lowest BCUT2D eigenvalue weighted by molar-refractivity contribution is -0.0493. The first kappa shape index (κ1) is 10.3. The fourth-order valence-electron chi connectivity index (χ4n) is 2.51. The van der Waals surface area contributed by atoms with Gasteiger partial charge >= 0.3 is 0 Å². The predicted molar refractivity (Wildman–Crippen MR) is 63.9 cm³/mol. The van der Waals surface area contributed by atoms with E-state index in [4.69, 9.17) is 10.5 Å². The first-order chi connectivity index (χ1) is 7.76. The standard InChI is InChI=1S/C14H19NO/c15-14(6-7-14)12-8-13(9-12)16-10-11-4-2-1-3-5-11/h1-5,12-13H,6-10,15H2. The number of hydrogen-bond donors (Lipinski definition) is 1. The van der Waals surface area contributed by atoms with E-state index in [2.05, 4.69) is 24.3 Å². The van der Waals surface area contributed by atoms with Crippen molar-refractivity contribution < 1.29 is 4.74 Å². The molecule has 2 heteroatoms. The zero-order valence-electron chi connectivity index (χ0n) is 9.56. The van der Waals surface area contributed by atoms with Gasteiger partial charge in [0.2, 0.25) is 0 Å². The molecule has 0 amide bonds. The topological polar surface area (TPSA) is 35.2 Å². The molecule has 2 N–H and O–H groups in total. The molecule has 0 spiro atoms. The normalized spacial score (nSPS) is 30.8. The van der Waals surface area contributed by atoms with Gasteiger partial charge in [-0.2, -0.15) is 0 Å². The van der Waals surface area contributed by atoms with Crippen molar-refractivity contribution in [2.45, 2.75) is 43.9 Å². The van der Waals surface area contributed by atoms with Gasteiger partial charge in [-0.1, -0.05) is 30.3 Å². The molecule has 3 rings (SSSR count). The molecule has 16 heavy (non-hydrogen) atoms. The zero-order chi connectivity index (χ0) is 11.0. The Morgan fingerprint density at radius 2 is 1.88 bits per heavy atom. The minimum Gasteiger partial charge on any atom is -0.374 e. The zero-order valence-corrected chi connectivity index (χ0v) is 9.56. The van der Waals surface area contributed by atoms with Gasteiger partial charge in [-0.3, -0.25) is 0 Å². The summed E-state index contributed by atoms with van der Waals surface area (Å²) in [4.78, 5) is 0. The Bertz CT molecular complexity index is 352. The third-order valence-electron chi connectivity index (χ3n) is 4.06. The van der Waals surface area contributed by atoms with Gasteiger partial charge in [-0.15, -0.1) is 0 Å². The summed E-state index contributed by atoms with van der Waals surface area (Å²) in [6.07, 6.45) is 5.24. The number of benzene rings is 1. The van der Waals surface area contributed by atoms with Crippen LogP contribution in [0, 0.1) is 5.92 Å². The van der Waals surface area contributed by atoms with Gasteiger partial charge in [0, 0.05) is 5.54 Å². The third kappa shape index (κ3) is 2.00. The molecule has 0 unspecified atom stereocenters. The van der Waals surface area contributed by atoms with Crippen LogP contribution in [0.3, 0.4) is 0 Å². The maximum Gasteiger partial charge on any atom is 0.0720 e. The molecule has 2 fully saturated rings. The number of ether oxygens (including phenoxy) is 1. The Kier molecular flexibility index (Phi) is 2.49. The first-order valence-electron chi connectivity index (χ1n) is 6.21. The average Bonchev–Trinajstić information content (AvgIpc) is 2.96. The van der Waals surface area contributed by atoms with Crippen molar-refractivity contribution in [2.24, 2.45) is 11.7 Å². The summed E-state index contributed by atoms with van der Waals surface area (Å²) in [6, 6.07) is 10.4. The van der Waals surface area contributed by atoms with Gasteiger partial charge < -0.3 is 10.5 Å². The summed E-state index contributed by atoms with van der Waals surface area (Å²) in [5.74, 6) is 0.730. The Morgan fingerprint density at radius 1 is 1.19 bits per heavy atom. The summed E-state index contributed by atoms with van der Waals surface area (Å²) in [5, 5.41) is 0. The maximum absolute atomic E-state index is 6.17. The van der Waals surface area contributed by atoms with E-state index in [1.54, 1.807) is 0 Å². The molecule has 2 saturated carbocycles. The van der Waals surface area contributed by atoms with Crippen LogP contribution in [0.15, 0.2) is 30.3 Å². The Labute approximate surface area is 96.8 Å². The van der Waals surface area contributed by atoms with E-state index in [0.717, 1.165) is 12.5 Å². The van der Waals surface area contributed by atoms with E-state index >= 15 is 0 Å². The van der Waals surface area contributed by atoms with Crippen molar-refractivity contribution in [3.8, 4) is 0 Å². The fourth-order valence-corrected chi connectivity index (χ4v) is 2.51. The van der Waals surface area contributed by atoms with E-state index in [0.29, 0.717) is 6.10 Å². The van der Waals surface area contributed by atoms with Crippen LogP contribution in [0.4, 0.5) is 0 Å². The smallest absolute Gasteiger partial charge is 0.0720 e. The van der Waals surface area contributed by atoms with Crippen LogP contribution in [0.5, 0.6) is 0 Å². The van der Waals surface area contributed by atoms with Crippen molar-refractivity contribution >= 4 is 0 Å². The van der Waals surface area contributed by atoms with Crippen LogP contribution in [0.25, 0.3) is 0 Å². The maximum atomic E-state index is 6.17. The fraction of sp³-hybridized carbons (Fsp3) is 0.571. The monoisotopic (exact) mass is 217 g/mol. The molecule has 2 nitrogen and oxygen atoms in total. The van der Waals surface area contributed by atoms with E-state index < -0.39 is 0 Å². The summed E-state index contributed by atoms with van der Waals surface area (Å²) < 4.78 is 5.86.